The molecule has 0 spiro atoms. The first-order valence-electron chi connectivity index (χ1n) is 10.9. The zero-order valence-corrected chi connectivity index (χ0v) is 17.8. The lowest BCUT2D eigenvalue weighted by Gasteiger charge is -2.34. The Morgan fingerprint density at radius 2 is 1.81 bits per heavy atom. The number of aryl methyl sites for hydroxylation is 1. The third-order valence-corrected chi connectivity index (χ3v) is 5.96. The Kier molecular flexibility index (Phi) is 5.72. The molecule has 1 amide bonds. The third kappa shape index (κ3) is 4.29. The normalized spacial score (nSPS) is 15.9. The predicted octanol–water partition coefficient (Wildman–Crippen LogP) is 1.64. The number of hydrogen-bond acceptors (Lipinski definition) is 7. The van der Waals surface area contributed by atoms with Crippen molar-refractivity contribution < 1.29 is 14.3 Å². The van der Waals surface area contributed by atoms with Gasteiger partial charge in [-0.3, -0.25) is 14.5 Å². The van der Waals surface area contributed by atoms with Gasteiger partial charge >= 0.3 is 0 Å². The van der Waals surface area contributed by atoms with Crippen LogP contribution in [0.2, 0.25) is 0 Å². The minimum Gasteiger partial charge on any atom is -0.454 e. The van der Waals surface area contributed by atoms with Crippen LogP contribution in [0.4, 0.5) is 0 Å². The van der Waals surface area contributed by atoms with Crippen LogP contribution in [-0.2, 0) is 17.9 Å². The van der Waals surface area contributed by atoms with Crippen LogP contribution in [0, 0.1) is 0 Å². The van der Waals surface area contributed by atoms with Gasteiger partial charge in [-0.15, -0.1) is 5.10 Å². The SMILES string of the molecule is O=C(CCCn1nnc2ccccc2c1=O)N1CCN(Cc2ccc3c(c2)OCO3)CC1. The first-order valence-corrected chi connectivity index (χ1v) is 10.9. The number of hydrogen-bond donors (Lipinski definition) is 0. The van der Waals surface area contributed by atoms with Crippen LogP contribution in [-0.4, -0.2) is 63.7 Å². The van der Waals surface area contributed by atoms with E-state index in [0.29, 0.717) is 43.4 Å². The third-order valence-electron chi connectivity index (χ3n) is 5.96. The number of rotatable bonds is 6. The van der Waals surface area contributed by atoms with Gasteiger partial charge in [-0.1, -0.05) is 23.4 Å². The average Bonchev–Trinajstić information content (AvgIpc) is 3.29. The van der Waals surface area contributed by atoms with E-state index in [2.05, 4.69) is 21.3 Å². The number of fused-ring (bicyclic) bond motifs is 2. The van der Waals surface area contributed by atoms with Crippen molar-refractivity contribution in [2.24, 2.45) is 0 Å². The first-order chi connectivity index (χ1) is 15.7. The van der Waals surface area contributed by atoms with Crippen molar-refractivity contribution in [2.45, 2.75) is 25.9 Å². The highest BCUT2D eigenvalue weighted by molar-refractivity contribution is 5.77. The summed E-state index contributed by atoms with van der Waals surface area (Å²) in [6, 6.07) is 13.2. The Morgan fingerprint density at radius 1 is 1.00 bits per heavy atom. The molecule has 32 heavy (non-hydrogen) atoms. The predicted molar refractivity (Wildman–Crippen MR) is 117 cm³/mol. The van der Waals surface area contributed by atoms with E-state index in [-0.39, 0.29) is 18.3 Å². The monoisotopic (exact) mass is 435 g/mol. The molecule has 1 saturated heterocycles. The Bertz CT molecular complexity index is 1190. The Labute approximate surface area is 185 Å². The summed E-state index contributed by atoms with van der Waals surface area (Å²) < 4.78 is 12.2. The zero-order chi connectivity index (χ0) is 21.9. The molecule has 9 nitrogen and oxygen atoms in total. The van der Waals surface area contributed by atoms with E-state index in [1.807, 2.05) is 29.2 Å². The minimum absolute atomic E-state index is 0.120. The van der Waals surface area contributed by atoms with Crippen molar-refractivity contribution in [1.29, 1.82) is 0 Å². The van der Waals surface area contributed by atoms with Crippen molar-refractivity contribution in [3.63, 3.8) is 0 Å². The van der Waals surface area contributed by atoms with Crippen molar-refractivity contribution in [3.05, 3.63) is 58.4 Å². The molecule has 1 aromatic heterocycles. The molecule has 2 aliphatic rings. The molecule has 5 rings (SSSR count). The summed E-state index contributed by atoms with van der Waals surface area (Å²) in [4.78, 5) is 29.4. The highest BCUT2D eigenvalue weighted by Gasteiger charge is 2.22. The number of piperazine rings is 1. The molecule has 3 heterocycles. The van der Waals surface area contributed by atoms with Gasteiger partial charge in [0, 0.05) is 45.7 Å². The van der Waals surface area contributed by atoms with Gasteiger partial charge in [0.2, 0.25) is 12.7 Å². The second-order valence-electron chi connectivity index (χ2n) is 8.08. The molecule has 0 atom stereocenters. The van der Waals surface area contributed by atoms with Crippen LogP contribution in [0.25, 0.3) is 10.9 Å². The smallest absolute Gasteiger partial charge is 0.277 e. The van der Waals surface area contributed by atoms with Crippen molar-refractivity contribution in [1.82, 2.24) is 24.8 Å². The first kappa shape index (κ1) is 20.4. The molecule has 1 fully saturated rings. The quantitative estimate of drug-likeness (QED) is 0.582. The second-order valence-corrected chi connectivity index (χ2v) is 8.08. The fraction of sp³-hybridized carbons (Fsp3) is 0.391. The average molecular weight is 435 g/mol. The number of carbonyl (C=O) groups excluding carboxylic acids is 1. The summed E-state index contributed by atoms with van der Waals surface area (Å²) in [5, 5.41) is 8.63. The number of aromatic nitrogens is 3. The maximum absolute atomic E-state index is 12.6. The van der Waals surface area contributed by atoms with Crippen LogP contribution < -0.4 is 15.0 Å². The van der Waals surface area contributed by atoms with E-state index in [4.69, 9.17) is 9.47 Å². The molecule has 0 saturated carbocycles. The fourth-order valence-corrected chi connectivity index (χ4v) is 4.16. The van der Waals surface area contributed by atoms with Gasteiger partial charge < -0.3 is 14.4 Å². The molecule has 0 N–H and O–H groups in total. The summed E-state index contributed by atoms with van der Waals surface area (Å²) in [7, 11) is 0. The number of ether oxygens (including phenoxy) is 2. The van der Waals surface area contributed by atoms with Crippen molar-refractivity contribution in [3.8, 4) is 11.5 Å². The summed E-state index contributed by atoms with van der Waals surface area (Å²) in [6.45, 7) is 4.56. The fourth-order valence-electron chi connectivity index (χ4n) is 4.16. The Balaban J connectivity index is 1.09. The molecular weight excluding hydrogens is 410 g/mol. The molecule has 0 aliphatic carbocycles. The highest BCUT2D eigenvalue weighted by atomic mass is 16.7. The zero-order valence-electron chi connectivity index (χ0n) is 17.8. The van der Waals surface area contributed by atoms with Gasteiger partial charge in [-0.25, -0.2) is 4.68 Å². The molecule has 9 heteroatoms. The highest BCUT2D eigenvalue weighted by Crippen LogP contribution is 2.32. The van der Waals surface area contributed by atoms with E-state index in [1.165, 1.54) is 10.2 Å². The lowest BCUT2D eigenvalue weighted by molar-refractivity contribution is -0.133. The van der Waals surface area contributed by atoms with Gasteiger partial charge in [0.15, 0.2) is 11.5 Å². The summed E-state index contributed by atoms with van der Waals surface area (Å²) >= 11 is 0. The van der Waals surface area contributed by atoms with Gasteiger partial charge in [0.1, 0.15) is 5.52 Å². The summed E-state index contributed by atoms with van der Waals surface area (Å²) in [5.74, 6) is 1.71. The number of benzene rings is 2. The summed E-state index contributed by atoms with van der Waals surface area (Å²) in [6.07, 6.45) is 0.951. The molecule has 0 radical (unpaired) electrons. The van der Waals surface area contributed by atoms with Crippen LogP contribution in [0.15, 0.2) is 47.3 Å². The number of carbonyl (C=O) groups is 1. The molecule has 2 aromatic carbocycles. The Hall–Kier alpha value is -3.46. The van der Waals surface area contributed by atoms with Crippen LogP contribution in [0.3, 0.4) is 0 Å². The summed E-state index contributed by atoms with van der Waals surface area (Å²) in [5.41, 5.74) is 1.60. The van der Waals surface area contributed by atoms with E-state index in [1.54, 1.807) is 12.1 Å². The van der Waals surface area contributed by atoms with E-state index < -0.39 is 0 Å². The minimum atomic E-state index is -0.166. The molecule has 3 aromatic rings. The van der Waals surface area contributed by atoms with E-state index in [9.17, 15) is 9.59 Å². The Morgan fingerprint density at radius 3 is 2.69 bits per heavy atom. The maximum atomic E-state index is 12.6. The van der Waals surface area contributed by atoms with Crippen LogP contribution in [0.5, 0.6) is 11.5 Å². The van der Waals surface area contributed by atoms with Gasteiger partial charge in [-0.2, -0.15) is 0 Å². The van der Waals surface area contributed by atoms with E-state index in [0.717, 1.165) is 31.1 Å². The van der Waals surface area contributed by atoms with Gasteiger partial charge in [-0.05, 0) is 36.2 Å². The molecule has 2 aliphatic heterocycles. The van der Waals surface area contributed by atoms with Crippen LogP contribution >= 0.6 is 0 Å². The van der Waals surface area contributed by atoms with Crippen molar-refractivity contribution >= 4 is 16.8 Å². The molecule has 0 bridgehead atoms. The van der Waals surface area contributed by atoms with Crippen LogP contribution in [0.1, 0.15) is 18.4 Å². The largest absolute Gasteiger partial charge is 0.454 e. The standard InChI is InChI=1S/C23H25N5O4/c29-22(6-3-9-28-23(30)18-4-1-2-5-19(18)24-25-28)27-12-10-26(11-13-27)15-17-7-8-20-21(14-17)32-16-31-20/h1-2,4-5,7-8,14H,3,6,9-13,15-16H2. The lowest BCUT2D eigenvalue weighted by Crippen LogP contribution is -2.48. The topological polar surface area (TPSA) is 89.8 Å². The van der Waals surface area contributed by atoms with Gasteiger partial charge in [0.25, 0.3) is 5.56 Å². The second kappa shape index (κ2) is 8.96. The lowest BCUT2D eigenvalue weighted by atomic mass is 10.1. The molecular formula is C23H25N5O4. The maximum Gasteiger partial charge on any atom is 0.277 e. The molecule has 0 unspecified atom stereocenters. The van der Waals surface area contributed by atoms with E-state index >= 15 is 0 Å². The number of nitrogens with zero attached hydrogens (tertiary/aromatic N) is 5. The van der Waals surface area contributed by atoms with Crippen molar-refractivity contribution in [2.75, 3.05) is 33.0 Å². The molecule has 166 valence electrons. The van der Waals surface area contributed by atoms with Gasteiger partial charge in [0.05, 0.1) is 5.39 Å². The number of amides is 1.